The van der Waals surface area contributed by atoms with Crippen LogP contribution < -0.4 is 4.90 Å². The van der Waals surface area contributed by atoms with E-state index in [-0.39, 0.29) is 12.1 Å². The van der Waals surface area contributed by atoms with Crippen molar-refractivity contribution in [3.05, 3.63) is 58.1 Å². The van der Waals surface area contributed by atoms with E-state index in [0.717, 1.165) is 10.0 Å². The number of carbonyl (C=O) groups excluding carboxylic acids is 2. The maximum atomic E-state index is 13.3. The summed E-state index contributed by atoms with van der Waals surface area (Å²) in [5.74, 6) is -1.74. The molecule has 0 spiro atoms. The van der Waals surface area contributed by atoms with Crippen molar-refractivity contribution in [1.82, 2.24) is 4.98 Å². The molecule has 3 rings (SSSR count). The van der Waals surface area contributed by atoms with E-state index in [2.05, 4.69) is 20.9 Å². The first-order valence-corrected chi connectivity index (χ1v) is 6.61. The Morgan fingerprint density at radius 2 is 2.00 bits per heavy atom. The number of amides is 1. The third-order valence-corrected chi connectivity index (χ3v) is 3.47. The lowest BCUT2D eigenvalue weighted by molar-refractivity contribution is -0.114. The molecule has 0 aliphatic carbocycles. The monoisotopic (exact) mass is 334 g/mol. The second kappa shape index (κ2) is 4.79. The van der Waals surface area contributed by atoms with Crippen molar-refractivity contribution >= 4 is 33.3 Å². The number of ketones is 1. The molecule has 1 amide bonds. The first-order valence-electron chi connectivity index (χ1n) is 5.81. The van der Waals surface area contributed by atoms with Crippen LogP contribution in [0, 0.1) is 5.82 Å². The van der Waals surface area contributed by atoms with Crippen molar-refractivity contribution in [2.45, 2.75) is 6.54 Å². The summed E-state index contributed by atoms with van der Waals surface area (Å²) in [6, 6.07) is 5.50. The molecular formula is C14H8BrFN2O2. The van der Waals surface area contributed by atoms with Gasteiger partial charge in [-0.15, -0.1) is 0 Å². The number of halogens is 2. The van der Waals surface area contributed by atoms with Crippen LogP contribution in [0.4, 0.5) is 10.1 Å². The van der Waals surface area contributed by atoms with Crippen LogP contribution >= 0.6 is 15.9 Å². The van der Waals surface area contributed by atoms with E-state index >= 15 is 0 Å². The highest BCUT2D eigenvalue weighted by Crippen LogP contribution is 2.31. The molecule has 6 heteroatoms. The van der Waals surface area contributed by atoms with Crippen molar-refractivity contribution in [3.8, 4) is 0 Å². The summed E-state index contributed by atoms with van der Waals surface area (Å²) in [5, 5.41) is 0. The molecule has 0 radical (unpaired) electrons. The fourth-order valence-corrected chi connectivity index (χ4v) is 2.56. The van der Waals surface area contributed by atoms with E-state index in [9.17, 15) is 14.0 Å². The summed E-state index contributed by atoms with van der Waals surface area (Å²) < 4.78 is 14.1. The summed E-state index contributed by atoms with van der Waals surface area (Å²) in [5.41, 5.74) is 1.29. The molecular weight excluding hydrogens is 327 g/mol. The molecule has 0 saturated carbocycles. The molecule has 4 nitrogen and oxygen atoms in total. The number of benzene rings is 1. The van der Waals surface area contributed by atoms with Gasteiger partial charge in [0.15, 0.2) is 0 Å². The second-order valence-electron chi connectivity index (χ2n) is 4.39. The lowest BCUT2D eigenvalue weighted by Gasteiger charge is -2.16. The van der Waals surface area contributed by atoms with Crippen LogP contribution in [0.25, 0.3) is 0 Å². The SMILES string of the molecule is O=C1C(=O)N(Cc2cncc(Br)c2)c2cc(F)ccc21. The molecule has 0 bridgehead atoms. The van der Waals surface area contributed by atoms with Gasteiger partial charge >= 0.3 is 0 Å². The molecule has 2 heterocycles. The summed E-state index contributed by atoms with van der Waals surface area (Å²) >= 11 is 3.29. The van der Waals surface area contributed by atoms with E-state index in [4.69, 9.17) is 0 Å². The lowest BCUT2D eigenvalue weighted by Crippen LogP contribution is -2.29. The van der Waals surface area contributed by atoms with Crippen molar-refractivity contribution in [1.29, 1.82) is 0 Å². The third kappa shape index (κ3) is 2.12. The Morgan fingerprint density at radius 1 is 1.20 bits per heavy atom. The summed E-state index contributed by atoms with van der Waals surface area (Å²) in [4.78, 5) is 29.1. The standard InChI is InChI=1S/C14H8BrFN2O2/c15-9-3-8(5-17-6-9)7-18-12-4-10(16)1-2-11(12)13(19)14(18)20/h1-6H,7H2. The highest BCUT2D eigenvalue weighted by atomic mass is 79.9. The van der Waals surface area contributed by atoms with Gasteiger partial charge in [-0.25, -0.2) is 4.39 Å². The number of nitrogens with zero attached hydrogens (tertiary/aromatic N) is 2. The van der Waals surface area contributed by atoms with Gasteiger partial charge in [-0.1, -0.05) is 0 Å². The number of aromatic nitrogens is 1. The van der Waals surface area contributed by atoms with Crippen LogP contribution in [0.3, 0.4) is 0 Å². The maximum absolute atomic E-state index is 13.3. The fraction of sp³-hybridized carbons (Fsp3) is 0.0714. The average Bonchev–Trinajstić information content (AvgIpc) is 2.64. The van der Waals surface area contributed by atoms with Gasteiger partial charge in [0.1, 0.15) is 5.82 Å². The predicted octanol–water partition coefficient (Wildman–Crippen LogP) is 2.71. The Hall–Kier alpha value is -2.08. The Bertz CT molecular complexity index is 733. The number of carbonyl (C=O) groups is 2. The smallest absolute Gasteiger partial charge is 0.299 e. The Labute approximate surface area is 122 Å². The maximum Gasteiger partial charge on any atom is 0.299 e. The lowest BCUT2D eigenvalue weighted by atomic mass is 10.1. The normalized spacial score (nSPS) is 13.8. The predicted molar refractivity (Wildman–Crippen MR) is 73.9 cm³/mol. The Balaban J connectivity index is 2.01. The van der Waals surface area contributed by atoms with Gasteiger partial charge in [0.2, 0.25) is 0 Å². The van der Waals surface area contributed by atoms with E-state index in [1.54, 1.807) is 18.5 Å². The van der Waals surface area contributed by atoms with Gasteiger partial charge in [-0.2, -0.15) is 0 Å². The molecule has 1 aromatic heterocycles. The number of Topliss-reactive ketones (excluding diaryl/α,β-unsaturated/α-hetero) is 1. The number of fused-ring (bicyclic) bond motifs is 1. The van der Waals surface area contributed by atoms with Crippen molar-refractivity contribution in [3.63, 3.8) is 0 Å². The van der Waals surface area contributed by atoms with Crippen LogP contribution in [0.15, 0.2) is 41.1 Å². The van der Waals surface area contributed by atoms with Gasteiger partial charge in [0.25, 0.3) is 11.7 Å². The number of pyridine rings is 1. The Kier molecular flexibility index (Phi) is 3.10. The highest BCUT2D eigenvalue weighted by Gasteiger charge is 2.35. The van der Waals surface area contributed by atoms with E-state index in [1.807, 2.05) is 0 Å². The third-order valence-electron chi connectivity index (χ3n) is 3.04. The van der Waals surface area contributed by atoms with Crippen LogP contribution in [0.5, 0.6) is 0 Å². The van der Waals surface area contributed by atoms with Crippen molar-refractivity contribution < 1.29 is 14.0 Å². The summed E-state index contributed by atoms with van der Waals surface area (Å²) in [6.07, 6.45) is 3.22. The van der Waals surface area contributed by atoms with E-state index in [1.165, 1.54) is 23.1 Å². The number of anilines is 1. The first kappa shape index (κ1) is 12.9. The topological polar surface area (TPSA) is 50.3 Å². The molecule has 0 N–H and O–H groups in total. The largest absolute Gasteiger partial charge is 0.300 e. The zero-order valence-corrected chi connectivity index (χ0v) is 11.7. The summed E-state index contributed by atoms with van der Waals surface area (Å²) in [7, 11) is 0. The quantitative estimate of drug-likeness (QED) is 0.793. The number of hydrogen-bond acceptors (Lipinski definition) is 3. The van der Waals surface area contributed by atoms with E-state index in [0.29, 0.717) is 5.69 Å². The minimum absolute atomic E-state index is 0.174. The van der Waals surface area contributed by atoms with Crippen molar-refractivity contribution in [2.24, 2.45) is 0 Å². The zero-order chi connectivity index (χ0) is 14.3. The first-order chi connectivity index (χ1) is 9.56. The molecule has 0 saturated heterocycles. The Morgan fingerprint density at radius 3 is 2.75 bits per heavy atom. The molecule has 0 atom stereocenters. The van der Waals surface area contributed by atoms with Gasteiger partial charge in [0.05, 0.1) is 17.8 Å². The molecule has 1 aliphatic heterocycles. The van der Waals surface area contributed by atoms with E-state index < -0.39 is 17.5 Å². The minimum atomic E-state index is -0.648. The van der Waals surface area contributed by atoms with Crippen molar-refractivity contribution in [2.75, 3.05) is 4.90 Å². The van der Waals surface area contributed by atoms with Crippen LogP contribution in [-0.4, -0.2) is 16.7 Å². The highest BCUT2D eigenvalue weighted by molar-refractivity contribution is 9.10. The van der Waals surface area contributed by atoms with Gasteiger partial charge in [0, 0.05) is 16.9 Å². The second-order valence-corrected chi connectivity index (χ2v) is 5.31. The van der Waals surface area contributed by atoms with Gasteiger partial charge in [-0.05, 0) is 45.8 Å². The van der Waals surface area contributed by atoms with Gasteiger partial charge < -0.3 is 4.90 Å². The average molecular weight is 335 g/mol. The molecule has 20 heavy (non-hydrogen) atoms. The molecule has 0 unspecified atom stereocenters. The molecule has 1 aromatic carbocycles. The number of rotatable bonds is 2. The summed E-state index contributed by atoms with van der Waals surface area (Å²) in [6.45, 7) is 0.174. The molecule has 2 aromatic rings. The zero-order valence-electron chi connectivity index (χ0n) is 10.1. The van der Waals surface area contributed by atoms with Crippen LogP contribution in [-0.2, 0) is 11.3 Å². The minimum Gasteiger partial charge on any atom is -0.300 e. The van der Waals surface area contributed by atoms with Crippen LogP contribution in [0.1, 0.15) is 15.9 Å². The molecule has 1 aliphatic rings. The van der Waals surface area contributed by atoms with Gasteiger partial charge in [-0.3, -0.25) is 14.6 Å². The molecule has 100 valence electrons. The number of hydrogen-bond donors (Lipinski definition) is 0. The fourth-order valence-electron chi connectivity index (χ4n) is 2.15. The molecule has 0 fully saturated rings. The van der Waals surface area contributed by atoms with Crippen LogP contribution in [0.2, 0.25) is 0 Å².